The Bertz CT molecular complexity index is 1730. The summed E-state index contributed by atoms with van der Waals surface area (Å²) in [6.45, 7) is 1.24. The van der Waals surface area contributed by atoms with Crippen LogP contribution in [0, 0.1) is 0 Å². The SMILES string of the molecule is O=C(c1ccc2[nH]ncc2c1)N1CCCC(c2nc(-c3ccc(-n4cnc5ccccc54)nc3)no2)C1. The van der Waals surface area contributed by atoms with Gasteiger partial charge in [-0.15, -0.1) is 0 Å². The van der Waals surface area contributed by atoms with Gasteiger partial charge in [-0.25, -0.2) is 9.97 Å². The minimum absolute atomic E-state index is 0.000599. The number of para-hydroxylation sites is 2. The number of rotatable bonds is 4. The summed E-state index contributed by atoms with van der Waals surface area (Å²) in [5, 5.41) is 12.1. The summed E-state index contributed by atoms with van der Waals surface area (Å²) in [6.07, 6.45) is 6.99. The maximum atomic E-state index is 13.2. The van der Waals surface area contributed by atoms with E-state index in [9.17, 15) is 4.79 Å². The van der Waals surface area contributed by atoms with E-state index >= 15 is 0 Å². The highest BCUT2D eigenvalue weighted by molar-refractivity contribution is 5.98. The average Bonchev–Trinajstić information content (AvgIpc) is 3.72. The molecule has 10 heteroatoms. The zero-order valence-electron chi connectivity index (χ0n) is 19.8. The fourth-order valence-corrected chi connectivity index (χ4v) is 4.94. The van der Waals surface area contributed by atoms with Crippen molar-refractivity contribution in [1.29, 1.82) is 0 Å². The molecule has 0 aliphatic carbocycles. The van der Waals surface area contributed by atoms with E-state index in [2.05, 4.69) is 30.3 Å². The molecular weight excluding hydrogens is 468 g/mol. The van der Waals surface area contributed by atoms with Crippen LogP contribution in [0.15, 0.2) is 77.8 Å². The van der Waals surface area contributed by atoms with Crippen molar-refractivity contribution in [2.45, 2.75) is 18.8 Å². The van der Waals surface area contributed by atoms with E-state index in [1.54, 1.807) is 18.7 Å². The van der Waals surface area contributed by atoms with E-state index < -0.39 is 0 Å². The third-order valence-electron chi connectivity index (χ3n) is 6.89. The number of imidazole rings is 1. The lowest BCUT2D eigenvalue weighted by Gasteiger charge is -2.31. The molecule has 1 unspecified atom stereocenters. The number of carbonyl (C=O) groups excluding carboxylic acids is 1. The van der Waals surface area contributed by atoms with Crippen LogP contribution in [0.4, 0.5) is 0 Å². The Morgan fingerprint density at radius 3 is 2.92 bits per heavy atom. The number of aromatic nitrogens is 7. The smallest absolute Gasteiger partial charge is 0.253 e. The Morgan fingerprint density at radius 2 is 2.00 bits per heavy atom. The summed E-state index contributed by atoms with van der Waals surface area (Å²) in [6, 6.07) is 17.4. The second-order valence-corrected chi connectivity index (χ2v) is 9.23. The van der Waals surface area contributed by atoms with Crippen molar-refractivity contribution in [2.24, 2.45) is 0 Å². The number of benzene rings is 2. The molecular formula is C27H22N8O2. The number of carbonyl (C=O) groups is 1. The molecule has 4 aromatic heterocycles. The summed E-state index contributed by atoms with van der Waals surface area (Å²) >= 11 is 0. The van der Waals surface area contributed by atoms with Gasteiger partial charge in [0.2, 0.25) is 11.7 Å². The van der Waals surface area contributed by atoms with Gasteiger partial charge in [0.15, 0.2) is 0 Å². The van der Waals surface area contributed by atoms with Gasteiger partial charge in [-0.2, -0.15) is 10.1 Å². The second kappa shape index (κ2) is 8.66. The highest BCUT2D eigenvalue weighted by Crippen LogP contribution is 2.29. The molecule has 7 rings (SSSR count). The van der Waals surface area contributed by atoms with Crippen LogP contribution in [0.1, 0.15) is 35.0 Å². The Balaban J connectivity index is 1.08. The summed E-state index contributed by atoms with van der Waals surface area (Å²) in [7, 11) is 0. The second-order valence-electron chi connectivity index (χ2n) is 9.23. The quantitative estimate of drug-likeness (QED) is 0.390. The number of nitrogens with one attached hydrogen (secondary N) is 1. The molecule has 1 amide bonds. The predicted molar refractivity (Wildman–Crippen MR) is 136 cm³/mol. The fourth-order valence-electron chi connectivity index (χ4n) is 4.94. The average molecular weight is 491 g/mol. The lowest BCUT2D eigenvalue weighted by molar-refractivity contribution is 0.0696. The number of hydrogen-bond acceptors (Lipinski definition) is 7. The number of hydrogen-bond donors (Lipinski definition) is 1. The summed E-state index contributed by atoms with van der Waals surface area (Å²) in [4.78, 5) is 28.7. The van der Waals surface area contributed by atoms with Crippen molar-refractivity contribution in [1.82, 2.24) is 39.8 Å². The Morgan fingerprint density at radius 1 is 1.05 bits per heavy atom. The molecule has 37 heavy (non-hydrogen) atoms. The monoisotopic (exact) mass is 490 g/mol. The van der Waals surface area contributed by atoms with E-state index in [0.29, 0.717) is 30.4 Å². The first kappa shape index (κ1) is 21.4. The van der Waals surface area contributed by atoms with E-state index in [4.69, 9.17) is 4.52 Å². The molecule has 1 aliphatic rings. The van der Waals surface area contributed by atoms with Gasteiger partial charge in [0.1, 0.15) is 12.1 Å². The molecule has 2 aromatic carbocycles. The first-order valence-corrected chi connectivity index (χ1v) is 12.2. The van der Waals surface area contributed by atoms with Gasteiger partial charge in [0, 0.05) is 35.8 Å². The number of aromatic amines is 1. The van der Waals surface area contributed by atoms with Crippen molar-refractivity contribution in [3.63, 3.8) is 0 Å². The molecule has 1 saturated heterocycles. The van der Waals surface area contributed by atoms with Crippen LogP contribution in [0.2, 0.25) is 0 Å². The third kappa shape index (κ3) is 3.83. The molecule has 5 heterocycles. The zero-order chi connectivity index (χ0) is 24.8. The highest BCUT2D eigenvalue weighted by Gasteiger charge is 2.29. The molecule has 1 atom stereocenters. The molecule has 6 aromatic rings. The molecule has 182 valence electrons. The molecule has 1 aliphatic heterocycles. The standard InChI is InChI=1S/C27H22N8O2/c36-27(17-7-9-21-20(12-17)14-30-32-21)34-11-3-4-19(15-34)26-31-25(33-37-26)18-8-10-24(28-13-18)35-16-29-22-5-1-2-6-23(22)35/h1-2,5-10,12-14,16,19H,3-4,11,15H2,(H,30,32). The number of fused-ring (bicyclic) bond motifs is 2. The van der Waals surface area contributed by atoms with Gasteiger partial charge in [0.25, 0.3) is 5.91 Å². The number of H-pyrrole nitrogens is 1. The molecule has 0 bridgehead atoms. The van der Waals surface area contributed by atoms with Crippen LogP contribution >= 0.6 is 0 Å². The van der Waals surface area contributed by atoms with Gasteiger partial charge in [-0.3, -0.25) is 14.5 Å². The summed E-state index contributed by atoms with van der Waals surface area (Å²) in [5.41, 5.74) is 4.23. The van der Waals surface area contributed by atoms with Crippen molar-refractivity contribution in [3.8, 4) is 17.2 Å². The van der Waals surface area contributed by atoms with Gasteiger partial charge >= 0.3 is 0 Å². The number of nitrogens with zero attached hydrogens (tertiary/aromatic N) is 7. The van der Waals surface area contributed by atoms with Gasteiger partial charge < -0.3 is 9.42 Å². The van der Waals surface area contributed by atoms with Crippen LogP contribution in [0.5, 0.6) is 0 Å². The third-order valence-corrected chi connectivity index (χ3v) is 6.89. The molecule has 0 saturated carbocycles. The molecule has 1 fully saturated rings. The van der Waals surface area contributed by atoms with E-state index in [0.717, 1.165) is 46.2 Å². The van der Waals surface area contributed by atoms with Crippen molar-refractivity contribution >= 4 is 27.8 Å². The lowest BCUT2D eigenvalue weighted by Crippen LogP contribution is -2.39. The highest BCUT2D eigenvalue weighted by atomic mass is 16.5. The fraction of sp³-hybridized carbons (Fsp3) is 0.185. The van der Waals surface area contributed by atoms with Gasteiger partial charge in [-0.05, 0) is 55.3 Å². The molecule has 0 spiro atoms. The largest absolute Gasteiger partial charge is 0.339 e. The first-order chi connectivity index (χ1) is 18.2. The van der Waals surface area contributed by atoms with Crippen LogP contribution < -0.4 is 0 Å². The van der Waals surface area contributed by atoms with Gasteiger partial charge in [-0.1, -0.05) is 17.3 Å². The van der Waals surface area contributed by atoms with Crippen molar-refractivity contribution < 1.29 is 9.32 Å². The lowest BCUT2D eigenvalue weighted by atomic mass is 9.97. The van der Waals surface area contributed by atoms with E-state index in [1.165, 1.54) is 0 Å². The van der Waals surface area contributed by atoms with Gasteiger partial charge in [0.05, 0.1) is 28.7 Å². The first-order valence-electron chi connectivity index (χ1n) is 12.2. The van der Waals surface area contributed by atoms with Crippen LogP contribution in [0.25, 0.3) is 39.1 Å². The number of pyridine rings is 1. The number of likely N-dealkylation sites (tertiary alicyclic amines) is 1. The minimum atomic E-state index is -0.0128. The molecule has 0 radical (unpaired) electrons. The van der Waals surface area contributed by atoms with E-state index in [-0.39, 0.29) is 11.8 Å². The number of piperidine rings is 1. The van der Waals surface area contributed by atoms with Crippen LogP contribution in [-0.2, 0) is 0 Å². The van der Waals surface area contributed by atoms with Crippen LogP contribution in [-0.4, -0.2) is 58.8 Å². The summed E-state index contributed by atoms with van der Waals surface area (Å²) in [5.74, 6) is 1.78. The Kier molecular flexibility index (Phi) is 5.02. The summed E-state index contributed by atoms with van der Waals surface area (Å²) < 4.78 is 7.59. The number of amides is 1. The van der Waals surface area contributed by atoms with E-state index in [1.807, 2.05) is 64.1 Å². The van der Waals surface area contributed by atoms with Crippen molar-refractivity contribution in [2.75, 3.05) is 13.1 Å². The normalized spacial score (nSPS) is 16.0. The molecule has 1 N–H and O–H groups in total. The predicted octanol–water partition coefficient (Wildman–Crippen LogP) is 4.37. The maximum Gasteiger partial charge on any atom is 0.253 e. The Hall–Kier alpha value is -4.86. The molecule has 10 nitrogen and oxygen atoms in total. The van der Waals surface area contributed by atoms with Crippen molar-refractivity contribution in [3.05, 3.63) is 84.8 Å². The zero-order valence-corrected chi connectivity index (χ0v) is 19.8. The Labute approximate surface area is 211 Å². The topological polar surface area (TPSA) is 119 Å². The minimum Gasteiger partial charge on any atom is -0.339 e. The maximum absolute atomic E-state index is 13.2. The van der Waals surface area contributed by atoms with Crippen LogP contribution in [0.3, 0.4) is 0 Å².